The third-order valence-electron chi connectivity index (χ3n) is 15.5. The third-order valence-corrected chi connectivity index (χ3v) is 15.5. The van der Waals surface area contributed by atoms with Crippen molar-refractivity contribution in [2.45, 2.75) is 240 Å². The van der Waals surface area contributed by atoms with E-state index >= 15 is 0 Å². The molecule has 8 atom stereocenters. The quantitative estimate of drug-likeness (QED) is 0.0384. The molecule has 0 amide bonds. The molecule has 0 radical (unpaired) electrons. The molecule has 0 aliphatic heterocycles. The summed E-state index contributed by atoms with van der Waals surface area (Å²) < 4.78 is 11.3. The highest BCUT2D eigenvalue weighted by atomic mass is 16.7. The predicted octanol–water partition coefficient (Wildman–Crippen LogP) is 16.5. The molecule has 306 valence electrons. The van der Waals surface area contributed by atoms with Crippen molar-refractivity contribution in [1.82, 2.24) is 0 Å². The summed E-state index contributed by atoms with van der Waals surface area (Å²) in [6.45, 7) is 14.9. The summed E-state index contributed by atoms with van der Waals surface area (Å²) in [6.07, 6.45) is 45.9. The van der Waals surface area contributed by atoms with Gasteiger partial charge in [0.2, 0.25) is 0 Å². The number of ether oxygens (including phenoxy) is 2. The summed E-state index contributed by atoms with van der Waals surface area (Å²) in [6, 6.07) is 0. The summed E-state index contributed by atoms with van der Waals surface area (Å²) in [5.41, 5.74) is 2.39. The van der Waals surface area contributed by atoms with E-state index in [4.69, 9.17) is 9.47 Å². The Morgan fingerprint density at radius 3 is 1.94 bits per heavy atom. The largest absolute Gasteiger partial charge is 0.513 e. The van der Waals surface area contributed by atoms with E-state index in [0.717, 1.165) is 61.2 Å². The summed E-state index contributed by atoms with van der Waals surface area (Å²) in [7, 11) is 0. The SMILES string of the molecule is CCCCCCCCCCCCCCCCCCCC/C=C/OC(=O)O[C@H]1CC[C@@]2(C)C(=CC[C@H]3[C@@H]4CC[C@H]([C@H](C)CCCC(C)C)[C@@]4(C)CC[C@@H]32)C1. The highest BCUT2D eigenvalue weighted by Crippen LogP contribution is 2.67. The van der Waals surface area contributed by atoms with Crippen molar-refractivity contribution in [3.05, 3.63) is 24.0 Å². The lowest BCUT2D eigenvalue weighted by molar-refractivity contribution is -0.0603. The maximum atomic E-state index is 12.6. The molecule has 53 heavy (non-hydrogen) atoms. The Hall–Kier alpha value is -1.25. The predicted molar refractivity (Wildman–Crippen MR) is 227 cm³/mol. The van der Waals surface area contributed by atoms with E-state index < -0.39 is 6.16 Å². The van der Waals surface area contributed by atoms with Gasteiger partial charge in [-0.3, -0.25) is 0 Å². The highest BCUT2D eigenvalue weighted by molar-refractivity contribution is 5.61. The number of carbonyl (C=O) groups is 1. The molecule has 0 aromatic heterocycles. The highest BCUT2D eigenvalue weighted by Gasteiger charge is 2.59. The van der Waals surface area contributed by atoms with E-state index in [2.05, 4.69) is 47.6 Å². The zero-order valence-corrected chi connectivity index (χ0v) is 36.2. The molecule has 0 N–H and O–H groups in total. The van der Waals surface area contributed by atoms with Gasteiger partial charge in [0, 0.05) is 6.42 Å². The van der Waals surface area contributed by atoms with Crippen LogP contribution in [0.2, 0.25) is 0 Å². The summed E-state index contributed by atoms with van der Waals surface area (Å²) in [4.78, 5) is 12.6. The molecular weight excluding hydrogens is 649 g/mol. The minimum Gasteiger partial charge on any atom is -0.430 e. The number of allylic oxidation sites excluding steroid dienone is 2. The smallest absolute Gasteiger partial charge is 0.430 e. The van der Waals surface area contributed by atoms with Gasteiger partial charge in [-0.1, -0.05) is 182 Å². The van der Waals surface area contributed by atoms with Gasteiger partial charge in [-0.2, -0.15) is 0 Å². The molecule has 0 spiro atoms. The van der Waals surface area contributed by atoms with Gasteiger partial charge >= 0.3 is 6.16 Å². The average Bonchev–Trinajstić information content (AvgIpc) is 3.49. The lowest BCUT2D eigenvalue weighted by Gasteiger charge is -2.58. The second kappa shape index (κ2) is 23.7. The summed E-state index contributed by atoms with van der Waals surface area (Å²) in [5, 5.41) is 0. The van der Waals surface area contributed by atoms with Crippen LogP contribution in [0.3, 0.4) is 0 Å². The third kappa shape index (κ3) is 13.7. The molecule has 0 aromatic rings. The zero-order valence-electron chi connectivity index (χ0n) is 36.2. The lowest BCUT2D eigenvalue weighted by Crippen LogP contribution is -2.51. The summed E-state index contributed by atoms with van der Waals surface area (Å²) >= 11 is 0. The Morgan fingerprint density at radius 1 is 0.736 bits per heavy atom. The molecule has 4 aliphatic rings. The van der Waals surface area contributed by atoms with E-state index in [9.17, 15) is 4.79 Å². The first kappa shape index (κ1) is 44.5. The van der Waals surface area contributed by atoms with Crippen LogP contribution in [-0.4, -0.2) is 12.3 Å². The van der Waals surface area contributed by atoms with Gasteiger partial charge in [0.15, 0.2) is 0 Å². The number of hydrogen-bond acceptors (Lipinski definition) is 3. The molecule has 3 heteroatoms. The Bertz CT molecular complexity index is 1070. The molecule has 4 rings (SSSR count). The lowest BCUT2D eigenvalue weighted by atomic mass is 9.47. The first-order valence-corrected chi connectivity index (χ1v) is 23.9. The number of carbonyl (C=O) groups excluding carboxylic acids is 1. The molecule has 0 unspecified atom stereocenters. The van der Waals surface area contributed by atoms with E-state index in [1.54, 1.807) is 11.8 Å². The number of rotatable bonds is 26. The van der Waals surface area contributed by atoms with Crippen LogP contribution >= 0.6 is 0 Å². The van der Waals surface area contributed by atoms with Crippen molar-refractivity contribution in [3.8, 4) is 0 Å². The Morgan fingerprint density at radius 2 is 1.34 bits per heavy atom. The maximum absolute atomic E-state index is 12.6. The fraction of sp³-hybridized carbons (Fsp3) is 0.900. The maximum Gasteiger partial charge on any atom is 0.513 e. The fourth-order valence-electron chi connectivity index (χ4n) is 12.3. The van der Waals surface area contributed by atoms with E-state index in [1.165, 1.54) is 167 Å². The molecule has 0 aromatic carbocycles. The first-order valence-electron chi connectivity index (χ1n) is 23.9. The number of hydrogen-bond donors (Lipinski definition) is 0. The first-order chi connectivity index (χ1) is 25.7. The monoisotopic (exact) mass is 737 g/mol. The Balaban J connectivity index is 1.02. The van der Waals surface area contributed by atoms with Gasteiger partial charge in [0.05, 0.1) is 6.26 Å². The topological polar surface area (TPSA) is 35.5 Å². The normalized spacial score (nSPS) is 30.2. The van der Waals surface area contributed by atoms with Crippen molar-refractivity contribution in [2.24, 2.45) is 46.3 Å². The van der Waals surface area contributed by atoms with Crippen LogP contribution in [0.4, 0.5) is 4.79 Å². The van der Waals surface area contributed by atoms with Gasteiger partial charge in [0.1, 0.15) is 6.10 Å². The minimum atomic E-state index is -0.519. The van der Waals surface area contributed by atoms with Crippen molar-refractivity contribution >= 4 is 6.16 Å². The van der Waals surface area contributed by atoms with E-state index in [-0.39, 0.29) is 11.5 Å². The van der Waals surface area contributed by atoms with E-state index in [0.29, 0.717) is 5.41 Å². The van der Waals surface area contributed by atoms with Crippen molar-refractivity contribution < 1.29 is 14.3 Å². The van der Waals surface area contributed by atoms with Crippen LogP contribution in [0, 0.1) is 46.3 Å². The second-order valence-electron chi connectivity index (χ2n) is 19.8. The van der Waals surface area contributed by atoms with Gasteiger partial charge in [-0.05, 0) is 110 Å². The van der Waals surface area contributed by atoms with Crippen molar-refractivity contribution in [1.29, 1.82) is 0 Å². The molecule has 0 saturated heterocycles. The molecule has 0 bridgehead atoms. The standard InChI is InChI=1S/C50H88O3/c1-7-8-9-10-11-12-13-14-15-16-17-18-19-20-21-22-23-24-25-26-38-52-48(51)53-43-34-36-49(5)42(39-43)30-31-44-46-33-32-45(41(4)29-27-28-40(2)3)50(46,6)37-35-47(44)49/h26,30,38,40-41,43-47H,7-25,27-29,31-37,39H2,1-6H3/b38-26+/t41-,43+,44+,45-,46+,47+,49+,50-/m1/s1. The molecule has 0 heterocycles. The molecule has 3 saturated carbocycles. The molecule has 4 aliphatic carbocycles. The van der Waals surface area contributed by atoms with Crippen LogP contribution in [0.25, 0.3) is 0 Å². The second-order valence-corrected chi connectivity index (χ2v) is 19.8. The number of fused-ring (bicyclic) bond motifs is 5. The van der Waals surface area contributed by atoms with Crippen LogP contribution in [0.15, 0.2) is 24.0 Å². The van der Waals surface area contributed by atoms with E-state index in [1.807, 2.05) is 6.08 Å². The average molecular weight is 737 g/mol. The van der Waals surface area contributed by atoms with Gasteiger partial charge in [-0.15, -0.1) is 0 Å². The van der Waals surface area contributed by atoms with Crippen LogP contribution in [0.1, 0.15) is 234 Å². The van der Waals surface area contributed by atoms with Gasteiger partial charge < -0.3 is 9.47 Å². The van der Waals surface area contributed by atoms with Crippen LogP contribution in [-0.2, 0) is 9.47 Å². The minimum absolute atomic E-state index is 0.0434. The van der Waals surface area contributed by atoms with Crippen LogP contribution < -0.4 is 0 Å². The molecule has 3 fully saturated rings. The summed E-state index contributed by atoms with van der Waals surface area (Å²) in [5.74, 6) is 5.12. The Kier molecular flexibility index (Phi) is 19.9. The number of unbranched alkanes of at least 4 members (excludes halogenated alkanes) is 18. The Labute approximate surface area is 330 Å². The molecular formula is C50H88O3. The molecule has 3 nitrogen and oxygen atoms in total. The van der Waals surface area contributed by atoms with Gasteiger partial charge in [-0.25, -0.2) is 4.79 Å². The fourth-order valence-corrected chi connectivity index (χ4v) is 12.3. The van der Waals surface area contributed by atoms with Crippen molar-refractivity contribution in [2.75, 3.05) is 0 Å². The van der Waals surface area contributed by atoms with Crippen molar-refractivity contribution in [3.63, 3.8) is 0 Å². The zero-order chi connectivity index (χ0) is 37.9. The van der Waals surface area contributed by atoms with Gasteiger partial charge in [0.25, 0.3) is 0 Å². The van der Waals surface area contributed by atoms with Crippen LogP contribution in [0.5, 0.6) is 0 Å².